The summed E-state index contributed by atoms with van der Waals surface area (Å²) in [6, 6.07) is 0.991. The standard InChI is InChI=1S/C13H17NO4S/c1-3-9-6-11(19-8(9)2)12(15)14-4-5-18-7-10(14)13(16)17/h6,10H,3-5,7H2,1-2H3,(H,16,17)/t10-/m0/s1. The summed E-state index contributed by atoms with van der Waals surface area (Å²) in [7, 11) is 0. The molecule has 5 nitrogen and oxygen atoms in total. The Bertz CT molecular complexity index is 497. The maximum atomic E-state index is 12.4. The zero-order valence-corrected chi connectivity index (χ0v) is 11.8. The van der Waals surface area contributed by atoms with E-state index in [2.05, 4.69) is 0 Å². The number of rotatable bonds is 3. The summed E-state index contributed by atoms with van der Waals surface area (Å²) >= 11 is 1.43. The van der Waals surface area contributed by atoms with E-state index in [-0.39, 0.29) is 12.5 Å². The van der Waals surface area contributed by atoms with E-state index in [4.69, 9.17) is 9.84 Å². The molecule has 0 unspecified atom stereocenters. The van der Waals surface area contributed by atoms with Crippen molar-refractivity contribution < 1.29 is 19.4 Å². The van der Waals surface area contributed by atoms with E-state index in [0.717, 1.165) is 16.9 Å². The number of amides is 1. The highest BCUT2D eigenvalue weighted by Gasteiger charge is 2.33. The summed E-state index contributed by atoms with van der Waals surface area (Å²) in [5.41, 5.74) is 1.15. The van der Waals surface area contributed by atoms with Crippen LogP contribution in [-0.4, -0.2) is 47.7 Å². The fraction of sp³-hybridized carbons (Fsp3) is 0.538. The predicted molar refractivity (Wildman–Crippen MR) is 71.7 cm³/mol. The van der Waals surface area contributed by atoms with Crippen LogP contribution in [0.15, 0.2) is 6.07 Å². The second-order valence-electron chi connectivity index (χ2n) is 4.47. The summed E-state index contributed by atoms with van der Waals surface area (Å²) < 4.78 is 5.14. The van der Waals surface area contributed by atoms with Crippen LogP contribution in [0.3, 0.4) is 0 Å². The molecule has 1 amide bonds. The molecule has 0 saturated carbocycles. The van der Waals surface area contributed by atoms with Crippen molar-refractivity contribution in [2.75, 3.05) is 19.8 Å². The van der Waals surface area contributed by atoms with Gasteiger partial charge in [0.15, 0.2) is 6.04 Å². The lowest BCUT2D eigenvalue weighted by Crippen LogP contribution is -2.52. The van der Waals surface area contributed by atoms with Crippen LogP contribution >= 0.6 is 11.3 Å². The van der Waals surface area contributed by atoms with Crippen LogP contribution in [0.2, 0.25) is 0 Å². The third kappa shape index (κ3) is 2.79. The van der Waals surface area contributed by atoms with E-state index in [1.165, 1.54) is 16.2 Å². The Hall–Kier alpha value is -1.40. The van der Waals surface area contributed by atoms with Gasteiger partial charge >= 0.3 is 5.97 Å². The number of morpholine rings is 1. The molecule has 1 aliphatic rings. The van der Waals surface area contributed by atoms with Gasteiger partial charge in [-0.1, -0.05) is 6.92 Å². The van der Waals surface area contributed by atoms with Crippen molar-refractivity contribution in [3.63, 3.8) is 0 Å². The topological polar surface area (TPSA) is 66.8 Å². The minimum atomic E-state index is -1.02. The van der Waals surface area contributed by atoms with Gasteiger partial charge in [0.05, 0.1) is 18.1 Å². The number of aryl methyl sites for hydroxylation is 2. The summed E-state index contributed by atoms with van der Waals surface area (Å²) in [6.45, 7) is 4.80. The zero-order valence-electron chi connectivity index (χ0n) is 11.0. The Morgan fingerprint density at radius 1 is 1.58 bits per heavy atom. The van der Waals surface area contributed by atoms with Gasteiger partial charge in [0.2, 0.25) is 0 Å². The van der Waals surface area contributed by atoms with Crippen LogP contribution in [0.5, 0.6) is 0 Å². The van der Waals surface area contributed by atoms with Crippen LogP contribution in [0.1, 0.15) is 27.0 Å². The second kappa shape index (κ2) is 5.71. The van der Waals surface area contributed by atoms with Gasteiger partial charge in [0.1, 0.15) is 0 Å². The van der Waals surface area contributed by atoms with Crippen molar-refractivity contribution in [3.05, 3.63) is 21.4 Å². The van der Waals surface area contributed by atoms with Gasteiger partial charge in [-0.25, -0.2) is 4.79 Å². The van der Waals surface area contributed by atoms with Crippen LogP contribution < -0.4 is 0 Å². The molecule has 19 heavy (non-hydrogen) atoms. The van der Waals surface area contributed by atoms with Gasteiger partial charge in [0.25, 0.3) is 5.91 Å². The Morgan fingerprint density at radius 3 is 2.89 bits per heavy atom. The van der Waals surface area contributed by atoms with Crippen molar-refractivity contribution in [3.8, 4) is 0 Å². The fourth-order valence-corrected chi connectivity index (χ4v) is 3.24. The van der Waals surface area contributed by atoms with Gasteiger partial charge in [-0.2, -0.15) is 0 Å². The third-order valence-electron chi connectivity index (χ3n) is 3.29. The van der Waals surface area contributed by atoms with E-state index in [1.807, 2.05) is 19.9 Å². The lowest BCUT2D eigenvalue weighted by Gasteiger charge is -2.32. The summed E-state index contributed by atoms with van der Waals surface area (Å²) in [5, 5.41) is 9.14. The number of hydrogen-bond donors (Lipinski definition) is 1. The maximum Gasteiger partial charge on any atom is 0.328 e. The highest BCUT2D eigenvalue weighted by atomic mass is 32.1. The maximum absolute atomic E-state index is 12.4. The first kappa shape index (κ1) is 14.0. The molecule has 2 rings (SSSR count). The molecular weight excluding hydrogens is 266 g/mol. The highest BCUT2D eigenvalue weighted by molar-refractivity contribution is 7.14. The first-order chi connectivity index (χ1) is 9.04. The Kier molecular flexibility index (Phi) is 4.21. The highest BCUT2D eigenvalue weighted by Crippen LogP contribution is 2.24. The molecule has 1 N–H and O–H groups in total. The number of aliphatic carboxylic acids is 1. The number of nitrogens with zero attached hydrogens (tertiary/aromatic N) is 1. The van der Waals surface area contributed by atoms with Crippen LogP contribution in [0.25, 0.3) is 0 Å². The Morgan fingerprint density at radius 2 is 2.32 bits per heavy atom. The smallest absolute Gasteiger partial charge is 0.328 e. The molecule has 6 heteroatoms. The molecule has 1 atom stereocenters. The van der Waals surface area contributed by atoms with Crippen molar-refractivity contribution >= 4 is 23.2 Å². The largest absolute Gasteiger partial charge is 0.480 e. The number of thiophene rings is 1. The lowest BCUT2D eigenvalue weighted by molar-refractivity contribution is -0.147. The number of carbonyl (C=O) groups excluding carboxylic acids is 1. The van der Waals surface area contributed by atoms with E-state index in [1.54, 1.807) is 0 Å². The van der Waals surface area contributed by atoms with Gasteiger partial charge in [-0.3, -0.25) is 4.79 Å². The minimum absolute atomic E-state index is 0.0616. The minimum Gasteiger partial charge on any atom is -0.480 e. The molecule has 2 heterocycles. The third-order valence-corrected chi connectivity index (χ3v) is 4.37. The number of carboxylic acids is 1. The van der Waals surface area contributed by atoms with Crippen LogP contribution in [0, 0.1) is 6.92 Å². The van der Waals surface area contributed by atoms with Gasteiger partial charge in [-0.05, 0) is 25.0 Å². The lowest BCUT2D eigenvalue weighted by atomic mass is 10.2. The number of hydrogen-bond acceptors (Lipinski definition) is 4. The summed E-state index contributed by atoms with van der Waals surface area (Å²) in [4.78, 5) is 26.7. The molecule has 1 aromatic heterocycles. The Balaban J connectivity index is 2.23. The fourth-order valence-electron chi connectivity index (χ4n) is 2.17. The molecule has 104 valence electrons. The molecule has 0 radical (unpaired) electrons. The van der Waals surface area contributed by atoms with Gasteiger partial charge < -0.3 is 14.7 Å². The molecule has 1 fully saturated rings. The van der Waals surface area contributed by atoms with Crippen molar-refractivity contribution in [1.82, 2.24) is 4.90 Å². The molecule has 0 bridgehead atoms. The first-order valence-corrected chi connectivity index (χ1v) is 7.07. The van der Waals surface area contributed by atoms with Gasteiger partial charge in [-0.15, -0.1) is 11.3 Å². The Labute approximate surface area is 115 Å². The van der Waals surface area contributed by atoms with Crippen LogP contribution in [0.4, 0.5) is 0 Å². The molecule has 1 aliphatic heterocycles. The molecule has 1 saturated heterocycles. The summed E-state index contributed by atoms with van der Waals surface area (Å²) in [5.74, 6) is -1.22. The second-order valence-corrected chi connectivity index (χ2v) is 5.73. The zero-order chi connectivity index (χ0) is 14.0. The van der Waals surface area contributed by atoms with E-state index in [0.29, 0.717) is 18.0 Å². The quantitative estimate of drug-likeness (QED) is 0.914. The molecule has 0 aliphatic carbocycles. The van der Waals surface area contributed by atoms with Crippen molar-refractivity contribution in [1.29, 1.82) is 0 Å². The average Bonchev–Trinajstić information content (AvgIpc) is 2.79. The van der Waals surface area contributed by atoms with Crippen molar-refractivity contribution in [2.24, 2.45) is 0 Å². The predicted octanol–water partition coefficient (Wildman–Crippen LogP) is 1.54. The number of carboxylic acid groups (broad SMARTS) is 1. The van der Waals surface area contributed by atoms with Crippen LogP contribution in [-0.2, 0) is 16.0 Å². The monoisotopic (exact) mass is 283 g/mol. The van der Waals surface area contributed by atoms with E-state index >= 15 is 0 Å². The van der Waals surface area contributed by atoms with Crippen molar-refractivity contribution in [2.45, 2.75) is 26.3 Å². The first-order valence-electron chi connectivity index (χ1n) is 6.25. The summed E-state index contributed by atoms with van der Waals surface area (Å²) in [6.07, 6.45) is 0.876. The number of carbonyl (C=O) groups is 2. The SMILES string of the molecule is CCc1cc(C(=O)N2CCOC[C@H]2C(=O)O)sc1C. The number of ether oxygens (including phenoxy) is 1. The van der Waals surface area contributed by atoms with Gasteiger partial charge in [0, 0.05) is 11.4 Å². The molecule has 0 spiro atoms. The molecular formula is C13H17NO4S. The molecule has 0 aromatic carbocycles. The molecule has 1 aromatic rings. The van der Waals surface area contributed by atoms with E-state index < -0.39 is 12.0 Å². The average molecular weight is 283 g/mol. The normalized spacial score (nSPS) is 19.5. The van der Waals surface area contributed by atoms with E-state index in [9.17, 15) is 9.59 Å².